The van der Waals surface area contributed by atoms with Crippen LogP contribution in [0.15, 0.2) is 42.5 Å². The molecule has 0 spiro atoms. The number of amides is 1. The zero-order valence-corrected chi connectivity index (χ0v) is 14.6. The fourth-order valence-electron chi connectivity index (χ4n) is 2.20. The first-order valence-corrected chi connectivity index (χ1v) is 8.72. The van der Waals surface area contributed by atoms with Crippen LogP contribution in [-0.2, 0) is 4.79 Å². The summed E-state index contributed by atoms with van der Waals surface area (Å²) < 4.78 is 0. The maximum atomic E-state index is 12.0. The molecule has 0 unspecified atom stereocenters. The van der Waals surface area contributed by atoms with Crippen molar-refractivity contribution >= 4 is 40.7 Å². The van der Waals surface area contributed by atoms with Crippen LogP contribution in [-0.4, -0.2) is 23.2 Å². The number of anilines is 1. The highest BCUT2D eigenvalue weighted by Crippen LogP contribution is 2.15. The average molecular weight is 348 g/mol. The molecule has 0 aliphatic heterocycles. The number of Topliss-reactive ketones (excluding diaryl/α,β-unsaturated/α-hetero) is 1. The van der Waals surface area contributed by atoms with Crippen molar-refractivity contribution in [3.05, 3.63) is 64.2 Å². The Morgan fingerprint density at radius 2 is 1.61 bits per heavy atom. The second-order valence-electron chi connectivity index (χ2n) is 5.35. The summed E-state index contributed by atoms with van der Waals surface area (Å²) in [4.78, 5) is 23.9. The molecule has 0 saturated carbocycles. The van der Waals surface area contributed by atoms with Gasteiger partial charge in [-0.15, -0.1) is 11.8 Å². The minimum Gasteiger partial charge on any atom is -0.325 e. The molecular weight excluding hydrogens is 330 g/mol. The summed E-state index contributed by atoms with van der Waals surface area (Å²) in [6, 6.07) is 12.7. The van der Waals surface area contributed by atoms with Crippen LogP contribution in [0.1, 0.15) is 21.5 Å². The topological polar surface area (TPSA) is 46.2 Å². The zero-order chi connectivity index (χ0) is 16.8. The van der Waals surface area contributed by atoms with Crippen LogP contribution in [0.4, 0.5) is 5.69 Å². The van der Waals surface area contributed by atoms with Crippen LogP contribution in [0.3, 0.4) is 0 Å². The van der Waals surface area contributed by atoms with Crippen molar-refractivity contribution in [3.63, 3.8) is 0 Å². The molecule has 0 atom stereocenters. The molecule has 5 heteroatoms. The maximum Gasteiger partial charge on any atom is 0.234 e. The Morgan fingerprint density at radius 1 is 1.00 bits per heavy atom. The maximum absolute atomic E-state index is 12.0. The first-order chi connectivity index (χ1) is 10.9. The van der Waals surface area contributed by atoms with Gasteiger partial charge < -0.3 is 5.32 Å². The van der Waals surface area contributed by atoms with E-state index in [0.29, 0.717) is 10.6 Å². The first-order valence-electron chi connectivity index (χ1n) is 7.19. The van der Waals surface area contributed by atoms with E-state index in [-0.39, 0.29) is 23.2 Å². The highest BCUT2D eigenvalue weighted by Gasteiger charge is 2.08. The molecule has 0 aliphatic carbocycles. The Kier molecular flexibility index (Phi) is 6.25. The van der Waals surface area contributed by atoms with Crippen LogP contribution < -0.4 is 5.32 Å². The van der Waals surface area contributed by atoms with Crippen molar-refractivity contribution in [1.82, 2.24) is 0 Å². The van der Waals surface area contributed by atoms with E-state index in [1.54, 1.807) is 24.3 Å². The first kappa shape index (κ1) is 17.6. The van der Waals surface area contributed by atoms with Crippen molar-refractivity contribution in [3.8, 4) is 0 Å². The van der Waals surface area contributed by atoms with Crippen molar-refractivity contribution in [2.24, 2.45) is 0 Å². The van der Waals surface area contributed by atoms with Crippen LogP contribution in [0.25, 0.3) is 0 Å². The van der Waals surface area contributed by atoms with Gasteiger partial charge in [0.1, 0.15) is 0 Å². The van der Waals surface area contributed by atoms with Gasteiger partial charge in [0, 0.05) is 16.3 Å². The third-order valence-corrected chi connectivity index (χ3v) is 4.32. The van der Waals surface area contributed by atoms with Crippen molar-refractivity contribution in [2.45, 2.75) is 13.8 Å². The number of hydrogen-bond donors (Lipinski definition) is 1. The number of benzene rings is 2. The highest BCUT2D eigenvalue weighted by atomic mass is 35.5. The molecule has 120 valence electrons. The normalized spacial score (nSPS) is 10.4. The van der Waals surface area contributed by atoms with Crippen LogP contribution in [0.2, 0.25) is 5.02 Å². The third kappa shape index (κ3) is 5.73. The number of ketones is 1. The van der Waals surface area contributed by atoms with Gasteiger partial charge in [-0.1, -0.05) is 17.7 Å². The smallest absolute Gasteiger partial charge is 0.234 e. The molecule has 0 fully saturated rings. The molecule has 1 amide bonds. The molecule has 2 aromatic rings. The number of aryl methyl sites for hydroxylation is 2. The second-order valence-corrected chi connectivity index (χ2v) is 6.77. The number of hydrogen-bond acceptors (Lipinski definition) is 3. The van der Waals surface area contributed by atoms with Crippen molar-refractivity contribution in [2.75, 3.05) is 16.8 Å². The van der Waals surface area contributed by atoms with Gasteiger partial charge in [-0.25, -0.2) is 0 Å². The lowest BCUT2D eigenvalue weighted by Crippen LogP contribution is -2.15. The Morgan fingerprint density at radius 3 is 2.22 bits per heavy atom. The second kappa shape index (κ2) is 8.18. The van der Waals surface area contributed by atoms with E-state index in [1.807, 2.05) is 26.0 Å². The van der Waals surface area contributed by atoms with E-state index in [0.717, 1.165) is 16.8 Å². The summed E-state index contributed by atoms with van der Waals surface area (Å²) >= 11 is 7.09. The monoisotopic (exact) mass is 347 g/mol. The molecule has 3 nitrogen and oxygen atoms in total. The molecule has 0 radical (unpaired) electrons. The zero-order valence-electron chi connectivity index (χ0n) is 13.1. The summed E-state index contributed by atoms with van der Waals surface area (Å²) in [6.07, 6.45) is 0. The largest absolute Gasteiger partial charge is 0.325 e. The number of thioether (sulfide) groups is 1. The Balaban J connectivity index is 1.80. The predicted molar refractivity (Wildman–Crippen MR) is 97.7 cm³/mol. The summed E-state index contributed by atoms with van der Waals surface area (Å²) in [5, 5.41) is 3.46. The van der Waals surface area contributed by atoms with Gasteiger partial charge in [0.05, 0.1) is 11.5 Å². The minimum atomic E-state index is -0.107. The average Bonchev–Trinajstić information content (AvgIpc) is 2.46. The quantitative estimate of drug-likeness (QED) is 0.782. The molecule has 0 saturated heterocycles. The fourth-order valence-corrected chi connectivity index (χ4v) is 3.04. The number of halogens is 1. The van der Waals surface area contributed by atoms with Crippen LogP contribution >= 0.6 is 23.4 Å². The van der Waals surface area contributed by atoms with Gasteiger partial charge in [-0.2, -0.15) is 0 Å². The van der Waals surface area contributed by atoms with Gasteiger partial charge in [0.15, 0.2) is 5.78 Å². The van der Waals surface area contributed by atoms with Gasteiger partial charge >= 0.3 is 0 Å². The molecule has 23 heavy (non-hydrogen) atoms. The van der Waals surface area contributed by atoms with E-state index in [9.17, 15) is 9.59 Å². The number of carbonyl (C=O) groups excluding carboxylic acids is 2. The van der Waals surface area contributed by atoms with Gasteiger partial charge in [-0.3, -0.25) is 9.59 Å². The van der Waals surface area contributed by atoms with E-state index in [4.69, 9.17) is 11.6 Å². The lowest BCUT2D eigenvalue weighted by Gasteiger charge is -2.07. The Hall–Kier alpha value is -1.78. The molecule has 1 N–H and O–H groups in total. The van der Waals surface area contributed by atoms with E-state index < -0.39 is 0 Å². The number of rotatable bonds is 6. The lowest BCUT2D eigenvalue weighted by atomic mass is 10.1. The number of nitrogens with one attached hydrogen (secondary N) is 1. The Bertz CT molecular complexity index is 693. The van der Waals surface area contributed by atoms with Crippen LogP contribution in [0.5, 0.6) is 0 Å². The molecule has 2 aromatic carbocycles. The summed E-state index contributed by atoms with van der Waals surface area (Å²) in [5.41, 5.74) is 3.60. The standard InChI is InChI=1S/C18H18ClNO2S/c1-12-7-13(2)9-16(8-12)20-18(22)11-23-10-17(21)14-3-5-15(19)6-4-14/h3-9H,10-11H2,1-2H3,(H,20,22). The van der Waals surface area contributed by atoms with Gasteiger partial charge in [0.2, 0.25) is 5.91 Å². The minimum absolute atomic E-state index is 0.00846. The molecule has 0 heterocycles. The summed E-state index contributed by atoms with van der Waals surface area (Å²) in [7, 11) is 0. The number of carbonyl (C=O) groups is 2. The molecular formula is C18H18ClNO2S. The molecule has 0 bridgehead atoms. The fraction of sp³-hybridized carbons (Fsp3) is 0.222. The molecule has 2 rings (SSSR count). The van der Waals surface area contributed by atoms with Gasteiger partial charge in [-0.05, 0) is 61.4 Å². The van der Waals surface area contributed by atoms with Crippen molar-refractivity contribution < 1.29 is 9.59 Å². The van der Waals surface area contributed by atoms with Gasteiger partial charge in [0.25, 0.3) is 0 Å². The highest BCUT2D eigenvalue weighted by molar-refractivity contribution is 8.00. The Labute approximate surface area is 145 Å². The summed E-state index contributed by atoms with van der Waals surface area (Å²) in [6.45, 7) is 3.98. The lowest BCUT2D eigenvalue weighted by molar-refractivity contribution is -0.113. The SMILES string of the molecule is Cc1cc(C)cc(NC(=O)CSCC(=O)c2ccc(Cl)cc2)c1. The third-order valence-electron chi connectivity index (χ3n) is 3.14. The van der Waals surface area contributed by atoms with E-state index in [1.165, 1.54) is 11.8 Å². The molecule has 0 aromatic heterocycles. The van der Waals surface area contributed by atoms with Crippen molar-refractivity contribution in [1.29, 1.82) is 0 Å². The summed E-state index contributed by atoms with van der Waals surface area (Å²) in [5.74, 6) is 0.392. The van der Waals surface area contributed by atoms with E-state index in [2.05, 4.69) is 11.4 Å². The van der Waals surface area contributed by atoms with E-state index >= 15 is 0 Å². The predicted octanol–water partition coefficient (Wildman–Crippen LogP) is 4.51. The van der Waals surface area contributed by atoms with Crippen LogP contribution in [0, 0.1) is 13.8 Å². The molecule has 0 aliphatic rings.